The normalized spacial score (nSPS) is 13.1. The summed E-state index contributed by atoms with van der Waals surface area (Å²) in [6, 6.07) is 63.5. The van der Waals surface area contributed by atoms with E-state index in [9.17, 15) is 0 Å². The second-order valence-electron chi connectivity index (χ2n) is 14.1. The van der Waals surface area contributed by atoms with Gasteiger partial charge in [-0.05, 0) is 80.6 Å². The van der Waals surface area contributed by atoms with Crippen molar-refractivity contribution >= 4 is 49.8 Å². The summed E-state index contributed by atoms with van der Waals surface area (Å²) in [5.74, 6) is 0. The molecule has 0 spiro atoms. The minimum atomic E-state index is -0.120. The van der Waals surface area contributed by atoms with E-state index in [1.807, 2.05) is 0 Å². The second-order valence-corrected chi connectivity index (χ2v) is 14.1. The number of anilines is 3. The zero-order valence-electron chi connectivity index (χ0n) is 28.6. The van der Waals surface area contributed by atoms with Gasteiger partial charge in [0.2, 0.25) is 0 Å². The Morgan fingerprint density at radius 3 is 1.90 bits per heavy atom. The molecule has 0 amide bonds. The van der Waals surface area contributed by atoms with Crippen LogP contribution in [0.5, 0.6) is 0 Å². The third-order valence-corrected chi connectivity index (χ3v) is 10.8. The third kappa shape index (κ3) is 4.57. The van der Waals surface area contributed by atoms with Crippen molar-refractivity contribution in [3.05, 3.63) is 187 Å². The maximum Gasteiger partial charge on any atom is 0.143 e. The van der Waals surface area contributed by atoms with Crippen molar-refractivity contribution in [3.8, 4) is 33.4 Å². The van der Waals surface area contributed by atoms with Gasteiger partial charge in [-0.1, -0.05) is 147 Å². The largest absolute Gasteiger partial charge is 0.455 e. The topological polar surface area (TPSA) is 16.4 Å². The Balaban J connectivity index is 1.22. The molecular formula is C49H35NO. The van der Waals surface area contributed by atoms with Gasteiger partial charge in [-0.25, -0.2) is 0 Å². The minimum absolute atomic E-state index is 0.120. The second kappa shape index (κ2) is 11.3. The zero-order valence-corrected chi connectivity index (χ0v) is 28.6. The lowest BCUT2D eigenvalue weighted by molar-refractivity contribution is 0.660. The molecule has 2 heteroatoms. The van der Waals surface area contributed by atoms with E-state index in [2.05, 4.69) is 195 Å². The average Bonchev–Trinajstić information content (AvgIpc) is 3.65. The van der Waals surface area contributed by atoms with Gasteiger partial charge in [0.15, 0.2) is 0 Å². The summed E-state index contributed by atoms with van der Waals surface area (Å²) in [4.78, 5) is 2.41. The summed E-state index contributed by atoms with van der Waals surface area (Å²) in [5.41, 5.74) is 14.9. The lowest BCUT2D eigenvalue weighted by atomic mass is 9.82. The van der Waals surface area contributed by atoms with E-state index >= 15 is 0 Å². The summed E-state index contributed by atoms with van der Waals surface area (Å²) in [6.07, 6.45) is 0. The molecule has 0 fully saturated rings. The highest BCUT2D eigenvalue weighted by atomic mass is 16.3. The first-order chi connectivity index (χ1) is 25.1. The first-order valence-electron chi connectivity index (χ1n) is 17.7. The minimum Gasteiger partial charge on any atom is -0.455 e. The lowest BCUT2D eigenvalue weighted by Gasteiger charge is -2.29. The van der Waals surface area contributed by atoms with Crippen LogP contribution in [0.1, 0.15) is 25.0 Å². The summed E-state index contributed by atoms with van der Waals surface area (Å²) in [5, 5.41) is 4.63. The molecule has 0 saturated heterocycles. The first-order valence-corrected chi connectivity index (χ1v) is 17.7. The van der Waals surface area contributed by atoms with Gasteiger partial charge in [-0.15, -0.1) is 0 Å². The number of nitrogens with zero attached hydrogens (tertiary/aromatic N) is 1. The summed E-state index contributed by atoms with van der Waals surface area (Å²) >= 11 is 0. The van der Waals surface area contributed by atoms with Crippen molar-refractivity contribution in [3.63, 3.8) is 0 Å². The molecule has 2 nitrogen and oxygen atoms in total. The molecule has 0 aliphatic heterocycles. The first kappa shape index (κ1) is 29.5. The lowest BCUT2D eigenvalue weighted by Crippen LogP contribution is -2.16. The van der Waals surface area contributed by atoms with Crippen LogP contribution in [-0.4, -0.2) is 0 Å². The van der Waals surface area contributed by atoms with Crippen LogP contribution in [-0.2, 0) is 5.41 Å². The van der Waals surface area contributed by atoms with Crippen molar-refractivity contribution < 1.29 is 4.42 Å². The fraction of sp³-hybridized carbons (Fsp3) is 0.0612. The Labute approximate surface area is 297 Å². The number of rotatable bonds is 5. The van der Waals surface area contributed by atoms with Crippen LogP contribution in [0, 0.1) is 0 Å². The number of fused-ring (bicyclic) bond motifs is 7. The smallest absolute Gasteiger partial charge is 0.143 e. The molecule has 51 heavy (non-hydrogen) atoms. The summed E-state index contributed by atoms with van der Waals surface area (Å²) in [7, 11) is 0. The van der Waals surface area contributed by atoms with Gasteiger partial charge in [0, 0.05) is 44.8 Å². The van der Waals surface area contributed by atoms with Gasteiger partial charge < -0.3 is 9.32 Å². The molecule has 1 aliphatic rings. The van der Waals surface area contributed by atoms with Gasteiger partial charge >= 0.3 is 0 Å². The van der Waals surface area contributed by atoms with Crippen molar-refractivity contribution in [2.45, 2.75) is 19.3 Å². The van der Waals surface area contributed by atoms with E-state index in [1.165, 1.54) is 44.2 Å². The number of furan rings is 1. The number of hydrogen-bond donors (Lipinski definition) is 0. The molecule has 0 N–H and O–H groups in total. The monoisotopic (exact) mass is 653 g/mol. The molecule has 0 bridgehead atoms. The van der Waals surface area contributed by atoms with E-state index in [-0.39, 0.29) is 5.41 Å². The van der Waals surface area contributed by atoms with Crippen LogP contribution < -0.4 is 4.90 Å². The summed E-state index contributed by atoms with van der Waals surface area (Å²) < 4.78 is 6.95. The molecule has 242 valence electrons. The van der Waals surface area contributed by atoms with Gasteiger partial charge in [0.25, 0.3) is 0 Å². The molecule has 0 radical (unpaired) electrons. The highest BCUT2D eigenvalue weighted by molar-refractivity contribution is 6.18. The predicted molar refractivity (Wildman–Crippen MR) is 214 cm³/mol. The number of hydrogen-bond acceptors (Lipinski definition) is 2. The van der Waals surface area contributed by atoms with Crippen LogP contribution in [0.25, 0.3) is 66.1 Å². The molecule has 1 aliphatic carbocycles. The molecule has 0 unspecified atom stereocenters. The predicted octanol–water partition coefficient (Wildman–Crippen LogP) is 13.8. The number of para-hydroxylation sites is 1. The van der Waals surface area contributed by atoms with Crippen molar-refractivity contribution in [1.29, 1.82) is 0 Å². The maximum absolute atomic E-state index is 6.95. The van der Waals surface area contributed by atoms with Gasteiger partial charge in [0.05, 0.1) is 5.69 Å². The van der Waals surface area contributed by atoms with Crippen LogP contribution in [0.4, 0.5) is 17.1 Å². The summed E-state index contributed by atoms with van der Waals surface area (Å²) in [6.45, 7) is 4.69. The third-order valence-electron chi connectivity index (χ3n) is 10.8. The molecule has 10 rings (SSSR count). The van der Waals surface area contributed by atoms with Crippen LogP contribution in [0.2, 0.25) is 0 Å². The Hall–Kier alpha value is -6.38. The fourth-order valence-corrected chi connectivity index (χ4v) is 8.38. The van der Waals surface area contributed by atoms with E-state index in [4.69, 9.17) is 4.42 Å². The maximum atomic E-state index is 6.95. The fourth-order valence-electron chi connectivity index (χ4n) is 8.38. The Morgan fingerprint density at radius 1 is 0.451 bits per heavy atom. The Kier molecular flexibility index (Phi) is 6.56. The van der Waals surface area contributed by atoms with E-state index in [0.717, 1.165) is 50.1 Å². The van der Waals surface area contributed by atoms with Gasteiger partial charge in [0.1, 0.15) is 11.2 Å². The van der Waals surface area contributed by atoms with Gasteiger partial charge in [-0.3, -0.25) is 0 Å². The highest BCUT2D eigenvalue weighted by Crippen LogP contribution is 2.51. The molecular weight excluding hydrogens is 619 g/mol. The van der Waals surface area contributed by atoms with Crippen LogP contribution >= 0.6 is 0 Å². The van der Waals surface area contributed by atoms with Crippen LogP contribution in [0.15, 0.2) is 180 Å². The SMILES string of the molecule is CC1(C)c2ccccc2-c2ccc(N(c3ccc4c(c3)oc3c(-c5ccccc5)c5ccccc5cc34)c3ccccc3-c3ccccc3)cc21. The van der Waals surface area contributed by atoms with Crippen molar-refractivity contribution in [1.82, 2.24) is 0 Å². The average molecular weight is 654 g/mol. The molecule has 0 atom stereocenters. The molecule has 1 heterocycles. The van der Waals surface area contributed by atoms with Crippen molar-refractivity contribution in [2.24, 2.45) is 0 Å². The van der Waals surface area contributed by atoms with E-state index in [1.54, 1.807) is 0 Å². The zero-order chi connectivity index (χ0) is 34.1. The molecule has 0 saturated carbocycles. The van der Waals surface area contributed by atoms with E-state index in [0.29, 0.717) is 0 Å². The van der Waals surface area contributed by atoms with Crippen LogP contribution in [0.3, 0.4) is 0 Å². The molecule has 9 aromatic rings. The van der Waals surface area contributed by atoms with E-state index < -0.39 is 0 Å². The standard InChI is InChI=1S/C49H35NO/c1-49(2)43-23-13-11-22-39(43)40-27-25-35(30-44(40)49)50(45-24-14-12-20-37(45)32-15-5-3-6-16-32)36-26-28-41-42-29-34-19-9-10-21-38(34)47(33-17-7-4-8-18-33)48(42)51-46(41)31-36/h3-31H,1-2H3. The highest BCUT2D eigenvalue weighted by Gasteiger charge is 2.36. The number of benzene rings is 8. The van der Waals surface area contributed by atoms with Gasteiger partial charge in [-0.2, -0.15) is 0 Å². The Bertz CT molecular complexity index is 2770. The quantitative estimate of drug-likeness (QED) is 0.184. The Morgan fingerprint density at radius 2 is 1.08 bits per heavy atom. The molecule has 8 aromatic carbocycles. The molecule has 1 aromatic heterocycles. The van der Waals surface area contributed by atoms with Crippen molar-refractivity contribution in [2.75, 3.05) is 4.90 Å².